The third kappa shape index (κ3) is 2.88. The van der Waals surface area contributed by atoms with Gasteiger partial charge in [-0.05, 0) is 36.3 Å². The molecule has 1 aromatic carbocycles. The Morgan fingerprint density at radius 2 is 1.70 bits per heavy atom. The smallest absolute Gasteiger partial charge is 0.310 e. The minimum atomic E-state index is -0.361. The van der Waals surface area contributed by atoms with Crippen LogP contribution in [0.1, 0.15) is 42.9 Å². The molecule has 3 heteroatoms. The molecule has 0 spiro atoms. The van der Waals surface area contributed by atoms with E-state index in [4.69, 9.17) is 4.74 Å². The molecule has 0 unspecified atom stereocenters. The standard InChI is InChI=1S/C20H21NO2/c22-20(18-16-10-4-5-11-17(16)18)23-19(14-7-2-1-3-8-14)15-9-6-12-21-13-15/h1-3,6-9,12-13,16-19H,4-5,10-11H2/t16-,17-,19-/m1/s1. The quantitative estimate of drug-likeness (QED) is 0.797. The summed E-state index contributed by atoms with van der Waals surface area (Å²) < 4.78 is 5.96. The summed E-state index contributed by atoms with van der Waals surface area (Å²) in [4.78, 5) is 16.9. The van der Waals surface area contributed by atoms with E-state index in [1.54, 1.807) is 12.4 Å². The first-order chi connectivity index (χ1) is 11.3. The highest BCUT2D eigenvalue weighted by molar-refractivity contribution is 5.77. The number of hydrogen-bond donors (Lipinski definition) is 0. The number of pyridine rings is 1. The fraction of sp³-hybridized carbons (Fsp3) is 0.400. The van der Waals surface area contributed by atoms with Crippen molar-refractivity contribution < 1.29 is 9.53 Å². The maximum atomic E-state index is 12.7. The van der Waals surface area contributed by atoms with E-state index in [0.29, 0.717) is 11.8 Å². The van der Waals surface area contributed by atoms with Gasteiger partial charge in [0.2, 0.25) is 0 Å². The summed E-state index contributed by atoms with van der Waals surface area (Å²) in [5, 5.41) is 0. The van der Waals surface area contributed by atoms with Gasteiger partial charge in [-0.2, -0.15) is 0 Å². The number of rotatable bonds is 4. The first-order valence-electron chi connectivity index (χ1n) is 8.50. The topological polar surface area (TPSA) is 39.2 Å². The number of benzene rings is 1. The predicted octanol–water partition coefficient (Wildman–Crippen LogP) is 4.15. The van der Waals surface area contributed by atoms with Crippen LogP contribution < -0.4 is 0 Å². The molecule has 23 heavy (non-hydrogen) atoms. The van der Waals surface area contributed by atoms with Gasteiger partial charge >= 0.3 is 5.97 Å². The van der Waals surface area contributed by atoms with Crippen molar-refractivity contribution in [3.8, 4) is 0 Å². The van der Waals surface area contributed by atoms with Crippen LogP contribution in [-0.4, -0.2) is 11.0 Å². The predicted molar refractivity (Wildman–Crippen MR) is 87.6 cm³/mol. The highest BCUT2D eigenvalue weighted by atomic mass is 16.5. The van der Waals surface area contributed by atoms with Crippen molar-refractivity contribution in [1.82, 2.24) is 4.98 Å². The molecule has 2 aliphatic carbocycles. The van der Waals surface area contributed by atoms with Crippen molar-refractivity contribution in [3.05, 3.63) is 66.0 Å². The molecule has 0 N–H and O–H groups in total. The second-order valence-electron chi connectivity index (χ2n) is 6.65. The zero-order valence-corrected chi connectivity index (χ0v) is 13.1. The van der Waals surface area contributed by atoms with Crippen molar-refractivity contribution >= 4 is 5.97 Å². The molecule has 0 radical (unpaired) electrons. The van der Waals surface area contributed by atoms with Crippen molar-refractivity contribution in [2.24, 2.45) is 17.8 Å². The Hall–Kier alpha value is -2.16. The van der Waals surface area contributed by atoms with Gasteiger partial charge < -0.3 is 4.74 Å². The van der Waals surface area contributed by atoms with Crippen LogP contribution in [0.2, 0.25) is 0 Å². The molecule has 0 amide bonds. The van der Waals surface area contributed by atoms with E-state index in [9.17, 15) is 4.79 Å². The van der Waals surface area contributed by atoms with Crippen molar-refractivity contribution in [2.75, 3.05) is 0 Å². The van der Waals surface area contributed by atoms with E-state index in [1.165, 1.54) is 25.7 Å². The van der Waals surface area contributed by atoms with Gasteiger partial charge in [-0.15, -0.1) is 0 Å². The van der Waals surface area contributed by atoms with Gasteiger partial charge in [-0.25, -0.2) is 0 Å². The summed E-state index contributed by atoms with van der Waals surface area (Å²) in [6, 6.07) is 13.8. The normalized spacial score (nSPS) is 26.9. The maximum Gasteiger partial charge on any atom is 0.310 e. The molecule has 2 fully saturated rings. The van der Waals surface area contributed by atoms with Crippen LogP contribution in [0.4, 0.5) is 0 Å². The van der Waals surface area contributed by atoms with Crippen LogP contribution in [0.15, 0.2) is 54.9 Å². The Kier molecular flexibility index (Phi) is 3.86. The highest BCUT2D eigenvalue weighted by Gasteiger charge is 2.56. The van der Waals surface area contributed by atoms with E-state index < -0.39 is 0 Å². The monoisotopic (exact) mass is 307 g/mol. The van der Waals surface area contributed by atoms with Gasteiger partial charge in [0.25, 0.3) is 0 Å². The first kappa shape index (κ1) is 14.4. The van der Waals surface area contributed by atoms with E-state index in [1.807, 2.05) is 42.5 Å². The molecular weight excluding hydrogens is 286 g/mol. The minimum Gasteiger partial charge on any atom is -0.452 e. The number of fused-ring (bicyclic) bond motifs is 1. The van der Waals surface area contributed by atoms with Crippen LogP contribution >= 0.6 is 0 Å². The minimum absolute atomic E-state index is 0.0281. The maximum absolute atomic E-state index is 12.7. The fourth-order valence-electron chi connectivity index (χ4n) is 4.02. The fourth-order valence-corrected chi connectivity index (χ4v) is 4.02. The summed E-state index contributed by atoms with van der Waals surface area (Å²) in [7, 11) is 0. The van der Waals surface area contributed by atoms with E-state index in [2.05, 4.69) is 4.98 Å². The summed E-state index contributed by atoms with van der Waals surface area (Å²) in [5.41, 5.74) is 1.92. The number of nitrogens with zero attached hydrogens (tertiary/aromatic N) is 1. The van der Waals surface area contributed by atoms with E-state index in [-0.39, 0.29) is 18.0 Å². The van der Waals surface area contributed by atoms with Crippen molar-refractivity contribution in [2.45, 2.75) is 31.8 Å². The van der Waals surface area contributed by atoms with Crippen LogP contribution in [0.5, 0.6) is 0 Å². The average molecular weight is 307 g/mol. The number of hydrogen-bond acceptors (Lipinski definition) is 3. The highest BCUT2D eigenvalue weighted by Crippen LogP contribution is 2.56. The molecule has 0 saturated heterocycles. The Balaban J connectivity index is 1.55. The largest absolute Gasteiger partial charge is 0.452 e. The van der Waals surface area contributed by atoms with E-state index in [0.717, 1.165) is 11.1 Å². The second kappa shape index (κ2) is 6.15. The lowest BCUT2D eigenvalue weighted by molar-refractivity contribution is -0.149. The van der Waals surface area contributed by atoms with Crippen LogP contribution in [-0.2, 0) is 9.53 Å². The lowest BCUT2D eigenvalue weighted by Gasteiger charge is -2.18. The molecular formula is C20H21NO2. The van der Waals surface area contributed by atoms with Crippen LogP contribution in [0.3, 0.4) is 0 Å². The number of ether oxygens (including phenoxy) is 1. The Morgan fingerprint density at radius 3 is 2.35 bits per heavy atom. The van der Waals surface area contributed by atoms with Gasteiger partial charge in [0.15, 0.2) is 6.10 Å². The Morgan fingerprint density at radius 1 is 1.00 bits per heavy atom. The number of esters is 1. The molecule has 4 rings (SSSR count). The van der Waals surface area contributed by atoms with E-state index >= 15 is 0 Å². The third-order valence-electron chi connectivity index (χ3n) is 5.25. The lowest BCUT2D eigenvalue weighted by Crippen LogP contribution is -2.15. The molecule has 3 nitrogen and oxygen atoms in total. The summed E-state index contributed by atoms with van der Waals surface area (Å²) in [6.45, 7) is 0. The molecule has 0 aliphatic heterocycles. The second-order valence-corrected chi connectivity index (χ2v) is 6.65. The van der Waals surface area contributed by atoms with Crippen LogP contribution in [0, 0.1) is 17.8 Å². The molecule has 1 aromatic heterocycles. The summed E-state index contributed by atoms with van der Waals surface area (Å²) in [5.74, 6) is 1.24. The summed E-state index contributed by atoms with van der Waals surface area (Å²) >= 11 is 0. The lowest BCUT2D eigenvalue weighted by atomic mass is 10.0. The molecule has 2 aromatic rings. The Bertz CT molecular complexity index is 619. The van der Waals surface area contributed by atoms with Gasteiger partial charge in [-0.3, -0.25) is 9.78 Å². The molecule has 118 valence electrons. The van der Waals surface area contributed by atoms with Gasteiger partial charge in [0, 0.05) is 18.0 Å². The zero-order valence-electron chi connectivity index (χ0n) is 13.1. The van der Waals surface area contributed by atoms with Gasteiger partial charge in [0.1, 0.15) is 0 Å². The number of carbonyl (C=O) groups is 1. The third-order valence-corrected chi connectivity index (χ3v) is 5.25. The van der Waals surface area contributed by atoms with Crippen LogP contribution in [0.25, 0.3) is 0 Å². The number of aromatic nitrogens is 1. The first-order valence-corrected chi connectivity index (χ1v) is 8.50. The zero-order chi connectivity index (χ0) is 15.6. The van der Waals surface area contributed by atoms with Gasteiger partial charge in [-0.1, -0.05) is 49.2 Å². The SMILES string of the molecule is O=C(O[C@H](c1ccccc1)c1cccnc1)C1[C@@H]2CCCC[C@@H]12. The van der Waals surface area contributed by atoms with Crippen molar-refractivity contribution in [1.29, 1.82) is 0 Å². The molecule has 3 atom stereocenters. The number of carbonyl (C=O) groups excluding carboxylic acids is 1. The van der Waals surface area contributed by atoms with Crippen molar-refractivity contribution in [3.63, 3.8) is 0 Å². The molecule has 0 bridgehead atoms. The molecule has 1 heterocycles. The molecule has 2 aliphatic rings. The average Bonchev–Trinajstić information content (AvgIpc) is 3.35. The molecule has 2 saturated carbocycles. The summed E-state index contributed by atoms with van der Waals surface area (Å²) in [6.07, 6.45) is 8.06. The Labute approximate surface area is 136 Å². The van der Waals surface area contributed by atoms with Gasteiger partial charge in [0.05, 0.1) is 5.92 Å².